The van der Waals surface area contributed by atoms with Gasteiger partial charge in [-0.15, -0.1) is 10.2 Å². The van der Waals surface area contributed by atoms with E-state index in [1.165, 1.54) is 0 Å². The van der Waals surface area contributed by atoms with E-state index in [-0.39, 0.29) is 0 Å². The number of hydrogen-bond acceptors (Lipinski definition) is 5. The van der Waals surface area contributed by atoms with Gasteiger partial charge in [0.2, 0.25) is 11.8 Å². The van der Waals surface area contributed by atoms with Gasteiger partial charge < -0.3 is 14.5 Å². The van der Waals surface area contributed by atoms with Crippen LogP contribution in [0.15, 0.2) is 28.7 Å². The molecule has 0 fully saturated rings. The van der Waals surface area contributed by atoms with Crippen molar-refractivity contribution in [1.82, 2.24) is 15.5 Å². The van der Waals surface area contributed by atoms with E-state index >= 15 is 0 Å². The molecule has 0 unspecified atom stereocenters. The average molecular weight is 233 g/mol. The zero-order valence-corrected chi connectivity index (χ0v) is 9.93. The zero-order valence-electron chi connectivity index (χ0n) is 9.93. The van der Waals surface area contributed by atoms with Crippen molar-refractivity contribution >= 4 is 0 Å². The average Bonchev–Trinajstić information content (AvgIpc) is 2.78. The molecule has 0 amide bonds. The first-order valence-electron chi connectivity index (χ1n) is 5.41. The molecule has 5 nitrogen and oxygen atoms in total. The molecule has 17 heavy (non-hydrogen) atoms. The predicted molar refractivity (Wildman–Crippen MR) is 62.9 cm³/mol. The molecule has 5 heteroatoms. The Bertz CT molecular complexity index is 482. The van der Waals surface area contributed by atoms with Gasteiger partial charge >= 0.3 is 0 Å². The van der Waals surface area contributed by atoms with E-state index in [0.717, 1.165) is 11.3 Å². The van der Waals surface area contributed by atoms with E-state index in [0.29, 0.717) is 24.7 Å². The summed E-state index contributed by atoms with van der Waals surface area (Å²) in [5, 5.41) is 10.9. The van der Waals surface area contributed by atoms with Gasteiger partial charge in [0.25, 0.3) is 0 Å². The molecule has 0 radical (unpaired) electrons. The molecular weight excluding hydrogens is 218 g/mol. The Labute approximate surface area is 99.8 Å². The van der Waals surface area contributed by atoms with Gasteiger partial charge in [-0.25, -0.2) is 0 Å². The van der Waals surface area contributed by atoms with E-state index in [9.17, 15) is 0 Å². The van der Waals surface area contributed by atoms with E-state index in [1.54, 1.807) is 7.11 Å². The Morgan fingerprint density at radius 3 is 2.76 bits per heavy atom. The van der Waals surface area contributed by atoms with Gasteiger partial charge in [0.05, 0.1) is 20.1 Å². The third-order valence-corrected chi connectivity index (χ3v) is 2.37. The second-order valence-electron chi connectivity index (χ2n) is 3.61. The second kappa shape index (κ2) is 5.45. The third kappa shape index (κ3) is 2.82. The van der Waals surface area contributed by atoms with Crippen molar-refractivity contribution < 1.29 is 9.15 Å². The van der Waals surface area contributed by atoms with Crippen LogP contribution in [-0.2, 0) is 13.0 Å². The van der Waals surface area contributed by atoms with Gasteiger partial charge in [-0.2, -0.15) is 0 Å². The number of ether oxygens (including phenoxy) is 1. The number of hydrogen-bond donors (Lipinski definition) is 1. The molecule has 1 N–H and O–H groups in total. The van der Waals surface area contributed by atoms with Gasteiger partial charge in [0.15, 0.2) is 0 Å². The first-order valence-corrected chi connectivity index (χ1v) is 5.41. The summed E-state index contributed by atoms with van der Waals surface area (Å²) in [4.78, 5) is 0. The van der Waals surface area contributed by atoms with Crippen molar-refractivity contribution in [2.45, 2.75) is 13.0 Å². The molecule has 90 valence electrons. The van der Waals surface area contributed by atoms with Crippen LogP contribution in [0.1, 0.15) is 17.3 Å². The fourth-order valence-electron chi connectivity index (χ4n) is 1.59. The first-order chi connectivity index (χ1) is 8.33. The maximum atomic E-state index is 5.49. The third-order valence-electron chi connectivity index (χ3n) is 2.37. The minimum atomic E-state index is 0.582. The van der Waals surface area contributed by atoms with Crippen LogP contribution in [0.2, 0.25) is 0 Å². The molecule has 1 aromatic carbocycles. The SMILES string of the molecule is CNCc1nnc(Cc2ccccc2OC)o1. The number of nitrogens with one attached hydrogen (secondary N) is 1. The maximum Gasteiger partial charge on any atom is 0.230 e. The van der Waals surface area contributed by atoms with Gasteiger partial charge in [-0.05, 0) is 13.1 Å². The zero-order chi connectivity index (χ0) is 12.1. The molecule has 2 aromatic rings. The molecule has 0 bridgehead atoms. The fraction of sp³-hybridized carbons (Fsp3) is 0.333. The summed E-state index contributed by atoms with van der Waals surface area (Å²) in [5.74, 6) is 2.03. The molecule has 0 atom stereocenters. The molecule has 1 heterocycles. The molecule has 0 spiro atoms. The van der Waals surface area contributed by atoms with Crippen LogP contribution in [-0.4, -0.2) is 24.4 Å². The Morgan fingerprint density at radius 2 is 2.00 bits per heavy atom. The number of para-hydroxylation sites is 1. The number of aromatic nitrogens is 2. The standard InChI is InChI=1S/C12H15N3O2/c1-13-8-12-15-14-11(17-12)7-9-5-3-4-6-10(9)16-2/h3-6,13H,7-8H2,1-2H3. The van der Waals surface area contributed by atoms with Crippen LogP contribution < -0.4 is 10.1 Å². The van der Waals surface area contributed by atoms with Crippen LogP contribution in [0.3, 0.4) is 0 Å². The Kier molecular flexibility index (Phi) is 3.72. The van der Waals surface area contributed by atoms with E-state index in [1.807, 2.05) is 31.3 Å². The van der Waals surface area contributed by atoms with Crippen LogP contribution in [0.5, 0.6) is 5.75 Å². The number of benzene rings is 1. The summed E-state index contributed by atoms with van der Waals surface area (Å²) in [5.41, 5.74) is 1.04. The lowest BCUT2D eigenvalue weighted by Gasteiger charge is -2.05. The summed E-state index contributed by atoms with van der Waals surface area (Å²) in [6.07, 6.45) is 0.584. The predicted octanol–water partition coefficient (Wildman–Crippen LogP) is 1.39. The van der Waals surface area contributed by atoms with E-state index in [2.05, 4.69) is 15.5 Å². The van der Waals surface area contributed by atoms with Crippen molar-refractivity contribution in [3.63, 3.8) is 0 Å². The molecule has 0 aliphatic rings. The highest BCUT2D eigenvalue weighted by Crippen LogP contribution is 2.20. The quantitative estimate of drug-likeness (QED) is 0.845. The topological polar surface area (TPSA) is 60.2 Å². The molecule has 0 saturated carbocycles. The smallest absolute Gasteiger partial charge is 0.230 e. The summed E-state index contributed by atoms with van der Waals surface area (Å²) >= 11 is 0. The fourth-order valence-corrected chi connectivity index (χ4v) is 1.59. The largest absolute Gasteiger partial charge is 0.496 e. The van der Waals surface area contributed by atoms with E-state index < -0.39 is 0 Å². The van der Waals surface area contributed by atoms with Crippen LogP contribution in [0, 0.1) is 0 Å². The van der Waals surface area contributed by atoms with Crippen molar-refractivity contribution in [1.29, 1.82) is 0 Å². The Balaban J connectivity index is 2.13. The van der Waals surface area contributed by atoms with E-state index in [4.69, 9.17) is 9.15 Å². The van der Waals surface area contributed by atoms with Gasteiger partial charge in [0.1, 0.15) is 5.75 Å². The second-order valence-corrected chi connectivity index (χ2v) is 3.61. The lowest BCUT2D eigenvalue weighted by molar-refractivity contribution is 0.405. The highest BCUT2D eigenvalue weighted by molar-refractivity contribution is 5.34. The van der Waals surface area contributed by atoms with Gasteiger partial charge in [-0.1, -0.05) is 18.2 Å². The number of nitrogens with zero attached hydrogens (tertiary/aromatic N) is 2. The van der Waals surface area contributed by atoms with Crippen molar-refractivity contribution in [2.75, 3.05) is 14.2 Å². The minimum Gasteiger partial charge on any atom is -0.496 e. The maximum absolute atomic E-state index is 5.49. The molecule has 0 aliphatic carbocycles. The van der Waals surface area contributed by atoms with Crippen molar-refractivity contribution in [3.05, 3.63) is 41.6 Å². The van der Waals surface area contributed by atoms with Crippen LogP contribution in [0.4, 0.5) is 0 Å². The molecular formula is C12H15N3O2. The molecule has 2 rings (SSSR count). The molecule has 1 aromatic heterocycles. The number of methoxy groups -OCH3 is 1. The highest BCUT2D eigenvalue weighted by atomic mass is 16.5. The van der Waals surface area contributed by atoms with Crippen LogP contribution >= 0.6 is 0 Å². The summed E-state index contributed by atoms with van der Waals surface area (Å²) in [6.45, 7) is 0.582. The van der Waals surface area contributed by atoms with Gasteiger partial charge in [-0.3, -0.25) is 0 Å². The lowest BCUT2D eigenvalue weighted by atomic mass is 10.1. The van der Waals surface area contributed by atoms with Crippen molar-refractivity contribution in [2.24, 2.45) is 0 Å². The molecule has 0 saturated heterocycles. The van der Waals surface area contributed by atoms with Gasteiger partial charge in [0, 0.05) is 5.56 Å². The monoisotopic (exact) mass is 233 g/mol. The summed E-state index contributed by atoms with van der Waals surface area (Å²) in [7, 11) is 3.49. The Hall–Kier alpha value is -1.88. The Morgan fingerprint density at radius 1 is 1.24 bits per heavy atom. The minimum absolute atomic E-state index is 0.582. The highest BCUT2D eigenvalue weighted by Gasteiger charge is 2.09. The normalized spacial score (nSPS) is 10.5. The molecule has 0 aliphatic heterocycles. The summed E-state index contributed by atoms with van der Waals surface area (Å²) < 4.78 is 10.8. The van der Waals surface area contributed by atoms with Crippen LogP contribution in [0.25, 0.3) is 0 Å². The first kappa shape index (κ1) is 11.6. The van der Waals surface area contributed by atoms with Crippen molar-refractivity contribution in [3.8, 4) is 5.75 Å². The lowest BCUT2D eigenvalue weighted by Crippen LogP contribution is -2.04. The summed E-state index contributed by atoms with van der Waals surface area (Å²) in [6, 6.07) is 7.80. The number of rotatable bonds is 5.